The molecule has 3 aliphatic carbocycles. The van der Waals surface area contributed by atoms with Gasteiger partial charge in [0.1, 0.15) is 5.65 Å². The van der Waals surface area contributed by atoms with Gasteiger partial charge in [0.25, 0.3) is 0 Å². The molecule has 5 fully saturated rings. The van der Waals surface area contributed by atoms with Gasteiger partial charge in [0.15, 0.2) is 0 Å². The van der Waals surface area contributed by atoms with Crippen LogP contribution in [0, 0.1) is 11.3 Å². The lowest BCUT2D eigenvalue weighted by Crippen LogP contribution is -2.63. The predicted octanol–water partition coefficient (Wildman–Crippen LogP) is 4.57. The molecule has 1 amide bonds. The Balaban J connectivity index is 1.22. The van der Waals surface area contributed by atoms with E-state index in [0.717, 1.165) is 37.8 Å². The molecule has 4 bridgehead atoms. The molecule has 0 radical (unpaired) electrons. The van der Waals surface area contributed by atoms with E-state index in [4.69, 9.17) is 0 Å². The topological polar surface area (TPSA) is 86.3 Å². The van der Waals surface area contributed by atoms with Crippen LogP contribution >= 0.6 is 0 Å². The number of nitrogens with one attached hydrogen (secondary N) is 1. The first-order valence-electron chi connectivity index (χ1n) is 11.9. The lowest BCUT2D eigenvalue weighted by molar-refractivity contribution is -0.163. The minimum atomic E-state index is -0.687. The molecular weight excluding hydrogens is 390 g/mol. The summed E-state index contributed by atoms with van der Waals surface area (Å²) >= 11 is 0. The Morgan fingerprint density at radius 3 is 2.68 bits per heavy atom. The minimum Gasteiger partial charge on any atom is -0.481 e. The van der Waals surface area contributed by atoms with Gasteiger partial charge in [0, 0.05) is 36.3 Å². The van der Waals surface area contributed by atoms with Gasteiger partial charge in [0.05, 0.1) is 6.42 Å². The van der Waals surface area contributed by atoms with Crippen LogP contribution in [0.15, 0.2) is 18.5 Å². The summed E-state index contributed by atoms with van der Waals surface area (Å²) < 4.78 is 0. The number of fused-ring (bicyclic) bond motifs is 1. The van der Waals surface area contributed by atoms with Crippen LogP contribution in [0.3, 0.4) is 0 Å². The number of hydrogen-bond donors (Lipinski definition) is 2. The van der Waals surface area contributed by atoms with Crippen molar-refractivity contribution in [3.05, 3.63) is 29.6 Å². The van der Waals surface area contributed by atoms with E-state index in [2.05, 4.69) is 34.1 Å². The number of hydrogen-bond acceptors (Lipinski definition) is 3. The second-order valence-electron chi connectivity index (χ2n) is 10.9. The van der Waals surface area contributed by atoms with Crippen molar-refractivity contribution in [1.82, 2.24) is 14.9 Å². The summed E-state index contributed by atoms with van der Waals surface area (Å²) in [5.41, 5.74) is 3.45. The van der Waals surface area contributed by atoms with Crippen molar-refractivity contribution in [1.29, 1.82) is 0 Å². The number of pyridine rings is 1. The molecule has 7 rings (SSSR count). The number of H-pyrrole nitrogens is 1. The van der Waals surface area contributed by atoms with Gasteiger partial charge in [-0.3, -0.25) is 9.59 Å². The first-order valence-corrected chi connectivity index (χ1v) is 11.9. The largest absolute Gasteiger partial charge is 0.481 e. The van der Waals surface area contributed by atoms with Crippen LogP contribution < -0.4 is 0 Å². The van der Waals surface area contributed by atoms with E-state index in [1.54, 1.807) is 0 Å². The summed E-state index contributed by atoms with van der Waals surface area (Å²) in [6.45, 7) is 2.16. The number of piperidine rings is 2. The molecule has 2 N–H and O–H groups in total. The molecule has 2 aromatic rings. The van der Waals surface area contributed by atoms with Gasteiger partial charge in [-0.25, -0.2) is 4.98 Å². The number of aliphatic carboxylic acids is 1. The Hall–Kier alpha value is -2.37. The number of nitrogens with zero attached hydrogens (tertiary/aromatic N) is 2. The van der Waals surface area contributed by atoms with Gasteiger partial charge in [-0.05, 0) is 85.3 Å². The highest BCUT2D eigenvalue weighted by Crippen LogP contribution is 2.58. The third-order valence-electron chi connectivity index (χ3n) is 8.54. The molecule has 3 saturated carbocycles. The Kier molecular flexibility index (Phi) is 4.25. The van der Waals surface area contributed by atoms with Crippen molar-refractivity contribution in [2.24, 2.45) is 11.3 Å². The number of amides is 1. The van der Waals surface area contributed by atoms with E-state index >= 15 is 0 Å². The molecule has 6 heteroatoms. The summed E-state index contributed by atoms with van der Waals surface area (Å²) in [7, 11) is 0. The van der Waals surface area contributed by atoms with Crippen molar-refractivity contribution in [3.8, 4) is 0 Å². The highest BCUT2D eigenvalue weighted by atomic mass is 16.4. The minimum absolute atomic E-state index is 0.0770. The Morgan fingerprint density at radius 2 is 2.00 bits per heavy atom. The van der Waals surface area contributed by atoms with Gasteiger partial charge >= 0.3 is 5.97 Å². The van der Waals surface area contributed by atoms with Crippen molar-refractivity contribution >= 4 is 22.9 Å². The van der Waals surface area contributed by atoms with E-state index in [1.165, 1.54) is 29.4 Å². The molecule has 3 unspecified atom stereocenters. The zero-order valence-electron chi connectivity index (χ0n) is 18.1. The number of carboxylic acids is 1. The fourth-order valence-electron chi connectivity index (χ4n) is 7.44. The Labute approximate surface area is 182 Å². The zero-order valence-corrected chi connectivity index (χ0v) is 18.1. The van der Waals surface area contributed by atoms with Crippen molar-refractivity contribution in [2.75, 3.05) is 0 Å². The van der Waals surface area contributed by atoms with Crippen molar-refractivity contribution in [3.63, 3.8) is 0 Å². The van der Waals surface area contributed by atoms with Gasteiger partial charge in [-0.1, -0.05) is 6.92 Å². The normalized spacial score (nSPS) is 32.5. The molecule has 2 saturated heterocycles. The maximum absolute atomic E-state index is 13.5. The zero-order chi connectivity index (χ0) is 21.3. The van der Waals surface area contributed by atoms with Gasteiger partial charge in [-0.15, -0.1) is 0 Å². The monoisotopic (exact) mass is 421 g/mol. The summed E-state index contributed by atoms with van der Waals surface area (Å²) in [4.78, 5) is 35.0. The number of carbonyl (C=O) groups is 2. The maximum Gasteiger partial charge on any atom is 0.303 e. The standard InChI is InChI=1S/C25H31N3O3/c1-14(20-13-27-24-23(20)19(4-5-26-24)16-2-3-16)6-21(29)28-17-7-15-8-18(28)11-25(9-15,10-17)12-22(30)31/h4-5,13-18H,2-3,6-12H2,1H3,(H,26,27)(H,30,31). The number of rotatable bonds is 6. The number of aromatic amines is 1. The molecule has 6 nitrogen and oxygen atoms in total. The highest BCUT2D eigenvalue weighted by Gasteiger charge is 2.56. The van der Waals surface area contributed by atoms with Gasteiger partial charge in [0.2, 0.25) is 5.91 Å². The SMILES string of the molecule is CC(CC(=O)N1C2CC3CC1CC(CC(=O)O)(C3)C2)c1c[nH]c2nccc(C3CC3)c12. The summed E-state index contributed by atoms with van der Waals surface area (Å²) in [6.07, 6.45) is 12.1. The Morgan fingerprint density at radius 1 is 1.26 bits per heavy atom. The Bertz CT molecular complexity index is 1040. The molecule has 5 aliphatic rings. The quantitative estimate of drug-likeness (QED) is 0.715. The average Bonchev–Trinajstić information content (AvgIpc) is 3.43. The molecular formula is C25H31N3O3. The number of aromatic nitrogens is 2. The first-order chi connectivity index (χ1) is 14.9. The van der Waals surface area contributed by atoms with Crippen LogP contribution in [0.4, 0.5) is 0 Å². The number of carboxylic acid groups (broad SMARTS) is 1. The van der Waals surface area contributed by atoms with E-state index < -0.39 is 5.97 Å². The third-order valence-corrected chi connectivity index (χ3v) is 8.54. The number of carbonyl (C=O) groups excluding carboxylic acids is 1. The van der Waals surface area contributed by atoms with Crippen LogP contribution in [0.25, 0.3) is 11.0 Å². The van der Waals surface area contributed by atoms with Gasteiger partial charge < -0.3 is 15.0 Å². The lowest BCUT2D eigenvalue weighted by atomic mass is 9.54. The van der Waals surface area contributed by atoms with E-state index in [1.807, 2.05) is 6.20 Å². The second-order valence-corrected chi connectivity index (χ2v) is 10.9. The van der Waals surface area contributed by atoms with Crippen molar-refractivity contribution in [2.45, 2.75) is 88.6 Å². The smallest absolute Gasteiger partial charge is 0.303 e. The average molecular weight is 422 g/mol. The van der Waals surface area contributed by atoms with Crippen LogP contribution in [-0.4, -0.2) is 43.9 Å². The van der Waals surface area contributed by atoms with Gasteiger partial charge in [-0.2, -0.15) is 0 Å². The summed E-state index contributed by atoms with van der Waals surface area (Å²) in [5, 5.41) is 10.7. The van der Waals surface area contributed by atoms with E-state index in [-0.39, 0.29) is 35.7 Å². The highest BCUT2D eigenvalue weighted by molar-refractivity contribution is 5.86. The van der Waals surface area contributed by atoms with Crippen LogP contribution in [0.5, 0.6) is 0 Å². The molecule has 0 aromatic carbocycles. The third kappa shape index (κ3) is 3.17. The summed E-state index contributed by atoms with van der Waals surface area (Å²) in [5.74, 6) is 0.930. The van der Waals surface area contributed by atoms with Crippen LogP contribution in [0.2, 0.25) is 0 Å². The van der Waals surface area contributed by atoms with Crippen molar-refractivity contribution < 1.29 is 14.7 Å². The molecule has 164 valence electrons. The fraction of sp³-hybridized carbons (Fsp3) is 0.640. The first kappa shape index (κ1) is 19.3. The lowest BCUT2D eigenvalue weighted by Gasteiger charge is -2.61. The second kappa shape index (κ2) is 6.81. The van der Waals surface area contributed by atoms with E-state index in [0.29, 0.717) is 18.3 Å². The molecule has 31 heavy (non-hydrogen) atoms. The molecule has 4 heterocycles. The molecule has 3 atom stereocenters. The maximum atomic E-state index is 13.5. The molecule has 2 aromatic heterocycles. The molecule has 0 spiro atoms. The molecule has 2 aliphatic heterocycles. The van der Waals surface area contributed by atoms with Crippen LogP contribution in [0.1, 0.15) is 87.7 Å². The van der Waals surface area contributed by atoms with Crippen LogP contribution in [-0.2, 0) is 9.59 Å². The fourth-order valence-corrected chi connectivity index (χ4v) is 7.44. The summed E-state index contributed by atoms with van der Waals surface area (Å²) in [6, 6.07) is 2.61. The predicted molar refractivity (Wildman–Crippen MR) is 117 cm³/mol. The van der Waals surface area contributed by atoms with E-state index in [9.17, 15) is 14.7 Å².